The van der Waals surface area contributed by atoms with Crippen molar-refractivity contribution < 1.29 is 19.0 Å². The van der Waals surface area contributed by atoms with Crippen LogP contribution in [0.5, 0.6) is 17.2 Å². The second-order valence-corrected chi connectivity index (χ2v) is 7.99. The summed E-state index contributed by atoms with van der Waals surface area (Å²) in [7, 11) is 0. The molecule has 2 rings (SSSR count). The fourth-order valence-electron chi connectivity index (χ4n) is 3.29. The van der Waals surface area contributed by atoms with Crippen LogP contribution in [0.2, 0.25) is 0 Å². The van der Waals surface area contributed by atoms with Crippen molar-refractivity contribution in [2.75, 3.05) is 13.2 Å². The molecule has 0 atom stereocenters. The minimum Gasteiger partial charge on any atom is -0.494 e. The highest BCUT2D eigenvalue weighted by Gasteiger charge is 2.09. The van der Waals surface area contributed by atoms with Gasteiger partial charge >= 0.3 is 5.97 Å². The molecule has 0 heterocycles. The molecule has 0 unspecified atom stereocenters. The number of benzene rings is 2. The summed E-state index contributed by atoms with van der Waals surface area (Å²) in [5.74, 6) is 1.68. The second-order valence-electron chi connectivity index (χ2n) is 7.99. The van der Waals surface area contributed by atoms with Gasteiger partial charge in [-0.2, -0.15) is 0 Å². The molecule has 0 spiro atoms. The first kappa shape index (κ1) is 25.5. The van der Waals surface area contributed by atoms with Crippen LogP contribution in [-0.2, 0) is 0 Å². The summed E-state index contributed by atoms with van der Waals surface area (Å²) in [5.41, 5.74) is 0.496. The number of carbonyl (C=O) groups excluding carboxylic acids is 1. The molecule has 0 amide bonds. The van der Waals surface area contributed by atoms with E-state index >= 15 is 0 Å². The van der Waals surface area contributed by atoms with Crippen molar-refractivity contribution >= 4 is 5.97 Å². The zero-order valence-corrected chi connectivity index (χ0v) is 19.5. The molecule has 4 nitrogen and oxygen atoms in total. The van der Waals surface area contributed by atoms with Crippen LogP contribution in [0, 0.1) is 0 Å². The smallest absolute Gasteiger partial charge is 0.343 e. The van der Waals surface area contributed by atoms with E-state index in [1.807, 2.05) is 18.2 Å². The Balaban J connectivity index is 1.65. The molecule has 4 heteroatoms. The molecular weight excluding hydrogens is 400 g/mol. The van der Waals surface area contributed by atoms with Crippen LogP contribution < -0.4 is 14.2 Å². The third kappa shape index (κ3) is 10.5. The third-order valence-corrected chi connectivity index (χ3v) is 5.21. The van der Waals surface area contributed by atoms with Gasteiger partial charge in [0, 0.05) is 0 Å². The van der Waals surface area contributed by atoms with Crippen molar-refractivity contribution in [2.24, 2.45) is 0 Å². The number of unbranched alkanes of at least 4 members (excludes halogenated alkanes) is 8. The van der Waals surface area contributed by atoms with Crippen molar-refractivity contribution in [1.29, 1.82) is 0 Å². The molecule has 0 N–H and O–H groups in total. The van der Waals surface area contributed by atoms with Gasteiger partial charge in [0.1, 0.15) is 17.2 Å². The predicted molar refractivity (Wildman–Crippen MR) is 131 cm³/mol. The Morgan fingerprint density at radius 1 is 0.719 bits per heavy atom. The maximum Gasteiger partial charge on any atom is 0.343 e. The summed E-state index contributed by atoms with van der Waals surface area (Å²) in [6, 6.07) is 14.3. The van der Waals surface area contributed by atoms with Crippen LogP contribution in [0.25, 0.3) is 0 Å². The number of carbonyl (C=O) groups is 1. The van der Waals surface area contributed by atoms with Gasteiger partial charge in [0.05, 0.1) is 18.8 Å². The van der Waals surface area contributed by atoms with E-state index in [-0.39, 0.29) is 5.97 Å². The van der Waals surface area contributed by atoms with Crippen molar-refractivity contribution in [1.82, 2.24) is 0 Å². The fraction of sp³-hybridized carbons (Fsp3) is 0.464. The first-order chi connectivity index (χ1) is 15.7. The number of ether oxygens (including phenoxy) is 3. The van der Waals surface area contributed by atoms with Gasteiger partial charge in [-0.1, -0.05) is 51.5 Å². The maximum absolute atomic E-state index is 12.4. The largest absolute Gasteiger partial charge is 0.494 e. The van der Waals surface area contributed by atoms with E-state index in [0.717, 1.165) is 43.6 Å². The van der Waals surface area contributed by atoms with Crippen molar-refractivity contribution in [3.05, 3.63) is 66.7 Å². The Bertz CT molecular complexity index is 765. The van der Waals surface area contributed by atoms with E-state index in [9.17, 15) is 4.79 Å². The summed E-state index contributed by atoms with van der Waals surface area (Å²) in [5, 5.41) is 0. The van der Waals surface area contributed by atoms with E-state index in [2.05, 4.69) is 13.5 Å². The molecule has 0 aromatic heterocycles. The lowest BCUT2D eigenvalue weighted by atomic mass is 10.1. The Morgan fingerprint density at radius 3 is 1.81 bits per heavy atom. The van der Waals surface area contributed by atoms with Gasteiger partial charge in [-0.15, -0.1) is 6.58 Å². The van der Waals surface area contributed by atoms with Gasteiger partial charge in [-0.25, -0.2) is 4.79 Å². The second kappa shape index (κ2) is 16.0. The van der Waals surface area contributed by atoms with E-state index < -0.39 is 0 Å². The minimum absolute atomic E-state index is 0.385. The van der Waals surface area contributed by atoms with E-state index in [4.69, 9.17) is 14.2 Å². The molecular formula is C28H38O4. The highest BCUT2D eigenvalue weighted by molar-refractivity contribution is 5.91. The lowest BCUT2D eigenvalue weighted by Gasteiger charge is -2.09. The van der Waals surface area contributed by atoms with Gasteiger partial charge in [0.2, 0.25) is 0 Å². The van der Waals surface area contributed by atoms with Crippen LogP contribution >= 0.6 is 0 Å². The third-order valence-electron chi connectivity index (χ3n) is 5.21. The quantitative estimate of drug-likeness (QED) is 0.109. The van der Waals surface area contributed by atoms with E-state index in [1.165, 1.54) is 32.1 Å². The standard InChI is InChI=1S/C28H38O4/c1-3-5-7-8-9-10-11-13-23-31-26-18-20-27(21-19-26)32-28(29)24-14-16-25(17-15-24)30-22-12-6-4-2/h3,14-21H,1,4-13,22-23H2,2H3. The fourth-order valence-corrected chi connectivity index (χ4v) is 3.29. The zero-order chi connectivity index (χ0) is 22.9. The summed E-state index contributed by atoms with van der Waals surface area (Å²) in [6.07, 6.45) is 13.8. The number of rotatable bonds is 17. The highest BCUT2D eigenvalue weighted by Crippen LogP contribution is 2.20. The SMILES string of the molecule is C=CCCCCCCCCOc1ccc(OC(=O)c2ccc(OCCCCC)cc2)cc1. The van der Waals surface area contributed by atoms with E-state index in [1.54, 1.807) is 36.4 Å². The molecule has 174 valence electrons. The zero-order valence-electron chi connectivity index (χ0n) is 19.5. The molecule has 0 aliphatic carbocycles. The van der Waals surface area contributed by atoms with Crippen LogP contribution in [0.15, 0.2) is 61.2 Å². The number of esters is 1. The molecule has 0 radical (unpaired) electrons. The molecule has 0 bridgehead atoms. The van der Waals surface area contributed by atoms with Crippen molar-refractivity contribution in [3.63, 3.8) is 0 Å². The molecule has 0 fully saturated rings. The van der Waals surface area contributed by atoms with Crippen LogP contribution in [-0.4, -0.2) is 19.2 Å². The molecule has 32 heavy (non-hydrogen) atoms. The topological polar surface area (TPSA) is 44.8 Å². The first-order valence-corrected chi connectivity index (χ1v) is 12.0. The summed E-state index contributed by atoms with van der Waals surface area (Å²) in [4.78, 5) is 12.4. The Morgan fingerprint density at radius 2 is 1.22 bits per heavy atom. The van der Waals surface area contributed by atoms with Crippen molar-refractivity contribution in [2.45, 2.75) is 71.1 Å². The number of allylic oxidation sites excluding steroid dienone is 1. The normalized spacial score (nSPS) is 10.5. The van der Waals surface area contributed by atoms with Gasteiger partial charge in [0.25, 0.3) is 0 Å². The van der Waals surface area contributed by atoms with Gasteiger partial charge < -0.3 is 14.2 Å². The predicted octanol–water partition coefficient (Wildman–Crippen LogP) is 7.77. The lowest BCUT2D eigenvalue weighted by molar-refractivity contribution is 0.0734. The molecule has 2 aromatic carbocycles. The Labute approximate surface area is 193 Å². The summed E-state index contributed by atoms with van der Waals surface area (Å²) >= 11 is 0. The maximum atomic E-state index is 12.4. The number of hydrogen-bond donors (Lipinski definition) is 0. The van der Waals surface area contributed by atoms with Gasteiger partial charge in [-0.05, 0) is 74.2 Å². The van der Waals surface area contributed by atoms with E-state index in [0.29, 0.717) is 24.5 Å². The van der Waals surface area contributed by atoms with Crippen LogP contribution in [0.4, 0.5) is 0 Å². The number of hydrogen-bond acceptors (Lipinski definition) is 4. The lowest BCUT2D eigenvalue weighted by Crippen LogP contribution is -2.08. The van der Waals surface area contributed by atoms with Crippen molar-refractivity contribution in [3.8, 4) is 17.2 Å². The Kier molecular flexibility index (Phi) is 12.7. The molecule has 0 aliphatic rings. The van der Waals surface area contributed by atoms with Crippen LogP contribution in [0.3, 0.4) is 0 Å². The Hall–Kier alpha value is -2.75. The first-order valence-electron chi connectivity index (χ1n) is 12.0. The van der Waals surface area contributed by atoms with Gasteiger partial charge in [0.15, 0.2) is 0 Å². The monoisotopic (exact) mass is 438 g/mol. The molecule has 0 aliphatic heterocycles. The molecule has 0 saturated heterocycles. The molecule has 0 saturated carbocycles. The highest BCUT2D eigenvalue weighted by atomic mass is 16.5. The molecule has 2 aromatic rings. The average molecular weight is 439 g/mol. The average Bonchev–Trinajstić information content (AvgIpc) is 2.82. The van der Waals surface area contributed by atoms with Crippen LogP contribution in [0.1, 0.15) is 81.5 Å². The van der Waals surface area contributed by atoms with Gasteiger partial charge in [-0.3, -0.25) is 0 Å². The summed E-state index contributed by atoms with van der Waals surface area (Å²) < 4.78 is 16.9. The summed E-state index contributed by atoms with van der Waals surface area (Å²) in [6.45, 7) is 7.32. The minimum atomic E-state index is -0.385.